The van der Waals surface area contributed by atoms with Gasteiger partial charge in [-0.05, 0) is 78.4 Å². The maximum Gasteiger partial charge on any atom is 0.336 e. The fourth-order valence-corrected chi connectivity index (χ4v) is 7.38. The standard InChI is InChI=1S/C39H31N3O11S/c43-36(40-54(51,52)29-16-8-12-26(20-29)42(49)50)31-21-34(39(47)48)32(22-33(31)38(45)46)37(44)41(35-18-7-11-25-10-4-5-17-30(25)35)23-24-9-6-15-28(19-24)53-27-13-2-1-3-14-27/h1-6,8-10,12-17,19-22,35H,7,11,18,23H2,(H,40,43)(H,45,46)(H,47,48)/t35-/m0/s1. The number of amides is 2. The van der Waals surface area contributed by atoms with E-state index in [9.17, 15) is 47.9 Å². The predicted molar refractivity (Wildman–Crippen MR) is 193 cm³/mol. The number of carboxylic acid groups (broad SMARTS) is 2. The smallest absolute Gasteiger partial charge is 0.336 e. The molecule has 0 radical (unpaired) electrons. The highest BCUT2D eigenvalue weighted by Gasteiger charge is 2.34. The van der Waals surface area contributed by atoms with Crippen LogP contribution in [0.2, 0.25) is 0 Å². The number of ether oxygens (including phenoxy) is 1. The van der Waals surface area contributed by atoms with Crippen LogP contribution in [0.4, 0.5) is 5.69 Å². The normalized spacial score (nSPS) is 13.6. The Morgan fingerprint density at radius 1 is 0.778 bits per heavy atom. The Kier molecular flexibility index (Phi) is 10.5. The summed E-state index contributed by atoms with van der Waals surface area (Å²) in [5.41, 5.74) is -1.15. The Balaban J connectivity index is 1.41. The molecule has 274 valence electrons. The summed E-state index contributed by atoms with van der Waals surface area (Å²) in [6.07, 6.45) is 1.96. The second kappa shape index (κ2) is 15.4. The molecule has 1 aliphatic carbocycles. The topological polar surface area (TPSA) is 211 Å². The van der Waals surface area contributed by atoms with Crippen molar-refractivity contribution in [2.24, 2.45) is 0 Å². The molecule has 0 saturated heterocycles. The number of hydrogen-bond donors (Lipinski definition) is 3. The maximum atomic E-state index is 14.7. The van der Waals surface area contributed by atoms with Gasteiger partial charge in [0, 0.05) is 18.7 Å². The molecular formula is C39H31N3O11S. The quantitative estimate of drug-likeness (QED) is 0.0911. The number of nitrogens with zero attached hydrogens (tertiary/aromatic N) is 2. The van der Waals surface area contributed by atoms with E-state index in [1.807, 2.05) is 42.5 Å². The minimum Gasteiger partial charge on any atom is -0.478 e. The first-order valence-corrected chi connectivity index (χ1v) is 18.0. The molecule has 0 heterocycles. The molecule has 3 N–H and O–H groups in total. The van der Waals surface area contributed by atoms with E-state index in [4.69, 9.17) is 4.74 Å². The van der Waals surface area contributed by atoms with Crippen molar-refractivity contribution in [2.75, 3.05) is 0 Å². The van der Waals surface area contributed by atoms with Crippen molar-refractivity contribution in [3.63, 3.8) is 0 Å². The number of rotatable bonds is 12. The number of benzene rings is 5. The molecular weight excluding hydrogens is 719 g/mol. The van der Waals surface area contributed by atoms with Crippen LogP contribution in [0.15, 0.2) is 120 Å². The van der Waals surface area contributed by atoms with E-state index in [0.29, 0.717) is 42.0 Å². The number of nitrogens with one attached hydrogen (secondary N) is 1. The van der Waals surface area contributed by atoms with E-state index >= 15 is 0 Å². The van der Waals surface area contributed by atoms with E-state index in [1.54, 1.807) is 41.1 Å². The van der Waals surface area contributed by atoms with Gasteiger partial charge >= 0.3 is 11.9 Å². The van der Waals surface area contributed by atoms with Crippen molar-refractivity contribution in [3.05, 3.63) is 164 Å². The lowest BCUT2D eigenvalue weighted by Gasteiger charge is -2.36. The lowest BCUT2D eigenvalue weighted by Crippen LogP contribution is -2.37. The van der Waals surface area contributed by atoms with Crippen molar-refractivity contribution in [1.29, 1.82) is 0 Å². The molecule has 15 heteroatoms. The summed E-state index contributed by atoms with van der Waals surface area (Å²) in [6, 6.07) is 28.2. The molecule has 0 saturated carbocycles. The number of carboxylic acids is 2. The van der Waals surface area contributed by atoms with Gasteiger partial charge in [-0.25, -0.2) is 22.7 Å². The molecule has 5 aromatic carbocycles. The number of sulfonamides is 1. The highest BCUT2D eigenvalue weighted by atomic mass is 32.2. The highest BCUT2D eigenvalue weighted by molar-refractivity contribution is 7.90. The van der Waals surface area contributed by atoms with Crippen molar-refractivity contribution >= 4 is 39.5 Å². The third-order valence-electron chi connectivity index (χ3n) is 8.86. The van der Waals surface area contributed by atoms with Gasteiger partial charge < -0.3 is 19.8 Å². The molecule has 0 spiro atoms. The SMILES string of the molecule is O=C(O)c1cc(C(=O)N(Cc2cccc(Oc3ccccc3)c2)[C@H]2CCCc3ccccc32)c(C(=O)O)cc1C(=O)NS(=O)(=O)c1cccc([N+](=O)[O-])c1. The van der Waals surface area contributed by atoms with E-state index in [2.05, 4.69) is 0 Å². The third-order valence-corrected chi connectivity index (χ3v) is 10.2. The number of hydrogen-bond acceptors (Lipinski definition) is 9. The molecule has 0 aromatic heterocycles. The minimum atomic E-state index is -4.81. The van der Waals surface area contributed by atoms with E-state index < -0.39 is 77.6 Å². The van der Waals surface area contributed by atoms with E-state index in [0.717, 1.165) is 41.8 Å². The van der Waals surface area contributed by atoms with Gasteiger partial charge in [-0.2, -0.15) is 0 Å². The molecule has 0 aliphatic heterocycles. The summed E-state index contributed by atoms with van der Waals surface area (Å²) in [5.74, 6) is -4.76. The van der Waals surface area contributed by atoms with Gasteiger partial charge in [0.05, 0.1) is 38.1 Å². The summed E-state index contributed by atoms with van der Waals surface area (Å²) in [5, 5.41) is 31.7. The zero-order valence-electron chi connectivity index (χ0n) is 28.2. The van der Waals surface area contributed by atoms with Crippen molar-refractivity contribution in [3.8, 4) is 11.5 Å². The summed E-state index contributed by atoms with van der Waals surface area (Å²) in [6.45, 7) is -0.0466. The van der Waals surface area contributed by atoms with E-state index in [-0.39, 0.29) is 6.54 Å². The molecule has 0 unspecified atom stereocenters. The van der Waals surface area contributed by atoms with Crippen molar-refractivity contribution < 1.29 is 47.5 Å². The Bertz CT molecular complexity index is 2420. The number of nitro groups is 1. The first-order chi connectivity index (χ1) is 25.8. The van der Waals surface area contributed by atoms with Crippen LogP contribution >= 0.6 is 0 Å². The van der Waals surface area contributed by atoms with Crippen LogP contribution < -0.4 is 9.46 Å². The van der Waals surface area contributed by atoms with Crippen LogP contribution in [-0.4, -0.2) is 52.2 Å². The van der Waals surface area contributed by atoms with Crippen LogP contribution in [0.1, 0.15) is 77.0 Å². The number of carbonyl (C=O) groups is 4. The first-order valence-electron chi connectivity index (χ1n) is 16.5. The third kappa shape index (κ3) is 7.95. The number of aromatic carboxylic acids is 2. The molecule has 14 nitrogen and oxygen atoms in total. The minimum absolute atomic E-state index is 0.0466. The average molecular weight is 750 g/mol. The highest BCUT2D eigenvalue weighted by Crippen LogP contribution is 2.37. The molecule has 0 bridgehead atoms. The van der Waals surface area contributed by atoms with Crippen LogP contribution in [0.3, 0.4) is 0 Å². The van der Waals surface area contributed by atoms with Gasteiger partial charge in [0.25, 0.3) is 27.5 Å². The average Bonchev–Trinajstić information content (AvgIpc) is 3.16. The zero-order valence-corrected chi connectivity index (χ0v) is 29.1. The molecule has 0 fully saturated rings. The predicted octanol–water partition coefficient (Wildman–Crippen LogP) is 6.62. The summed E-state index contributed by atoms with van der Waals surface area (Å²) < 4.78 is 33.7. The van der Waals surface area contributed by atoms with Crippen LogP contribution in [0.25, 0.3) is 0 Å². The zero-order chi connectivity index (χ0) is 38.6. The Labute approximate surface area is 308 Å². The summed E-state index contributed by atoms with van der Waals surface area (Å²) >= 11 is 0. The molecule has 6 rings (SSSR count). The molecule has 5 aromatic rings. The number of nitro benzene ring substituents is 1. The molecule has 2 amide bonds. The van der Waals surface area contributed by atoms with E-state index in [1.165, 1.54) is 4.90 Å². The number of fused-ring (bicyclic) bond motifs is 1. The van der Waals surface area contributed by atoms with Gasteiger partial charge in [0.1, 0.15) is 11.5 Å². The van der Waals surface area contributed by atoms with Gasteiger partial charge in [-0.1, -0.05) is 60.7 Å². The molecule has 54 heavy (non-hydrogen) atoms. The van der Waals surface area contributed by atoms with Crippen molar-refractivity contribution in [1.82, 2.24) is 9.62 Å². The number of non-ortho nitro benzene ring substituents is 1. The Morgan fingerprint density at radius 3 is 2.15 bits per heavy atom. The fraction of sp³-hybridized carbons (Fsp3) is 0.128. The Hall–Kier alpha value is -6.87. The lowest BCUT2D eigenvalue weighted by atomic mass is 9.86. The monoisotopic (exact) mass is 749 g/mol. The number of aryl methyl sites for hydroxylation is 1. The number of para-hydroxylation sites is 1. The molecule has 1 aliphatic rings. The summed E-state index contributed by atoms with van der Waals surface area (Å²) in [7, 11) is -4.81. The van der Waals surface area contributed by atoms with Crippen LogP contribution in [0, 0.1) is 10.1 Å². The number of carbonyl (C=O) groups excluding carboxylic acids is 2. The van der Waals surface area contributed by atoms with Gasteiger partial charge in [-0.15, -0.1) is 0 Å². The Morgan fingerprint density at radius 2 is 1.43 bits per heavy atom. The van der Waals surface area contributed by atoms with Gasteiger partial charge in [0.15, 0.2) is 0 Å². The van der Waals surface area contributed by atoms with Crippen LogP contribution in [-0.2, 0) is 23.0 Å². The van der Waals surface area contributed by atoms with Gasteiger partial charge in [-0.3, -0.25) is 19.7 Å². The summed E-state index contributed by atoms with van der Waals surface area (Å²) in [4.78, 5) is 64.5. The van der Waals surface area contributed by atoms with Crippen molar-refractivity contribution in [2.45, 2.75) is 36.7 Å². The second-order valence-electron chi connectivity index (χ2n) is 12.3. The van der Waals surface area contributed by atoms with Gasteiger partial charge in [0.2, 0.25) is 0 Å². The second-order valence-corrected chi connectivity index (χ2v) is 14.0. The largest absolute Gasteiger partial charge is 0.478 e. The molecule has 1 atom stereocenters. The maximum absolute atomic E-state index is 14.7. The lowest BCUT2D eigenvalue weighted by molar-refractivity contribution is -0.385. The van der Waals surface area contributed by atoms with Crippen LogP contribution in [0.5, 0.6) is 11.5 Å². The first kappa shape index (κ1) is 36.9. The fourth-order valence-electron chi connectivity index (χ4n) is 6.38.